The van der Waals surface area contributed by atoms with E-state index in [0.717, 1.165) is 45.8 Å². The fourth-order valence-electron chi connectivity index (χ4n) is 3.57. The van der Waals surface area contributed by atoms with E-state index in [1.165, 1.54) is 19.3 Å². The molecule has 1 aliphatic carbocycles. The highest BCUT2D eigenvalue weighted by atomic mass is 16.5. The van der Waals surface area contributed by atoms with Crippen LogP contribution in [0, 0.1) is 0 Å². The van der Waals surface area contributed by atoms with Gasteiger partial charge in [-0.2, -0.15) is 0 Å². The zero-order valence-electron chi connectivity index (χ0n) is 11.6. The Balaban J connectivity index is 1.55. The maximum Gasteiger partial charge on any atom is 0.236 e. The lowest BCUT2D eigenvalue weighted by atomic mass is 10.1. The van der Waals surface area contributed by atoms with Crippen molar-refractivity contribution in [2.75, 3.05) is 45.9 Å². The highest BCUT2D eigenvalue weighted by molar-refractivity contribution is 5.78. The summed E-state index contributed by atoms with van der Waals surface area (Å²) in [6.45, 7) is 6.02. The number of ether oxygens (including phenoxy) is 1. The minimum absolute atomic E-state index is 0.302. The zero-order valence-corrected chi connectivity index (χ0v) is 11.6. The first-order valence-corrected chi connectivity index (χ1v) is 7.69. The van der Waals surface area contributed by atoms with Crippen LogP contribution in [0.2, 0.25) is 0 Å². The molecule has 19 heavy (non-hydrogen) atoms. The molecule has 2 atom stereocenters. The van der Waals surface area contributed by atoms with Crippen LogP contribution in [0.15, 0.2) is 0 Å². The fourth-order valence-corrected chi connectivity index (χ4v) is 3.57. The van der Waals surface area contributed by atoms with E-state index >= 15 is 0 Å². The third-order valence-electron chi connectivity index (χ3n) is 4.63. The van der Waals surface area contributed by atoms with Crippen molar-refractivity contribution < 1.29 is 9.53 Å². The van der Waals surface area contributed by atoms with Gasteiger partial charge in [0.05, 0.1) is 19.3 Å². The van der Waals surface area contributed by atoms with Crippen molar-refractivity contribution in [3.8, 4) is 0 Å². The van der Waals surface area contributed by atoms with Crippen LogP contribution in [0.1, 0.15) is 25.7 Å². The second kappa shape index (κ2) is 6.20. The van der Waals surface area contributed by atoms with E-state index in [0.29, 0.717) is 24.6 Å². The molecule has 3 fully saturated rings. The van der Waals surface area contributed by atoms with E-state index in [4.69, 9.17) is 4.74 Å². The van der Waals surface area contributed by atoms with Gasteiger partial charge in [0.25, 0.3) is 0 Å². The molecule has 2 heterocycles. The highest BCUT2D eigenvalue weighted by Crippen LogP contribution is 2.29. The lowest BCUT2D eigenvalue weighted by Crippen LogP contribution is -2.52. The zero-order chi connectivity index (χ0) is 13.1. The Morgan fingerprint density at radius 1 is 1.16 bits per heavy atom. The lowest BCUT2D eigenvalue weighted by molar-refractivity contribution is -0.136. The van der Waals surface area contributed by atoms with E-state index < -0.39 is 0 Å². The van der Waals surface area contributed by atoms with Crippen LogP contribution in [-0.2, 0) is 9.53 Å². The van der Waals surface area contributed by atoms with Crippen LogP contribution in [-0.4, -0.2) is 73.7 Å². The molecule has 108 valence electrons. The maximum atomic E-state index is 12.4. The van der Waals surface area contributed by atoms with Crippen molar-refractivity contribution in [2.24, 2.45) is 0 Å². The predicted octanol–water partition coefficient (Wildman–Crippen LogP) is 0.0616. The number of hydrogen-bond donors (Lipinski definition) is 1. The van der Waals surface area contributed by atoms with Crippen LogP contribution >= 0.6 is 0 Å². The number of rotatable bonds is 2. The van der Waals surface area contributed by atoms with Crippen LogP contribution in [0.25, 0.3) is 0 Å². The summed E-state index contributed by atoms with van der Waals surface area (Å²) >= 11 is 0. The maximum absolute atomic E-state index is 12.4. The summed E-state index contributed by atoms with van der Waals surface area (Å²) in [5.74, 6) is 0.302. The molecule has 1 amide bonds. The molecule has 0 aromatic carbocycles. The largest absolute Gasteiger partial charge is 0.375 e. The van der Waals surface area contributed by atoms with Crippen LogP contribution < -0.4 is 5.32 Å². The molecule has 3 aliphatic rings. The Hall–Kier alpha value is -0.650. The third kappa shape index (κ3) is 3.09. The van der Waals surface area contributed by atoms with Crippen molar-refractivity contribution in [2.45, 2.75) is 37.8 Å². The summed E-state index contributed by atoms with van der Waals surface area (Å²) in [5.41, 5.74) is 0. The fraction of sp³-hybridized carbons (Fsp3) is 0.929. The Labute approximate surface area is 115 Å². The van der Waals surface area contributed by atoms with Gasteiger partial charge in [0.1, 0.15) is 0 Å². The van der Waals surface area contributed by atoms with Gasteiger partial charge in [-0.05, 0) is 32.2 Å². The number of carbonyl (C=O) groups excluding carboxylic acids is 1. The molecular formula is C14H25N3O2. The molecule has 2 saturated heterocycles. The van der Waals surface area contributed by atoms with E-state index in [-0.39, 0.29) is 0 Å². The van der Waals surface area contributed by atoms with Gasteiger partial charge >= 0.3 is 0 Å². The topological polar surface area (TPSA) is 44.8 Å². The van der Waals surface area contributed by atoms with E-state index in [2.05, 4.69) is 10.2 Å². The molecule has 0 radical (unpaired) electrons. The standard InChI is InChI=1S/C14H25N3O2/c18-14(16-7-2-5-15-6-8-16)11-17-9-10-19-13-4-1-3-12(13)17/h12-13,15H,1-11H2. The molecule has 2 unspecified atom stereocenters. The van der Waals surface area contributed by atoms with Crippen molar-refractivity contribution in [1.29, 1.82) is 0 Å². The number of carbonyl (C=O) groups is 1. The molecule has 0 aromatic heterocycles. The van der Waals surface area contributed by atoms with Gasteiger partial charge in [-0.1, -0.05) is 0 Å². The number of amides is 1. The summed E-state index contributed by atoms with van der Waals surface area (Å²) in [5, 5.41) is 3.35. The summed E-state index contributed by atoms with van der Waals surface area (Å²) < 4.78 is 5.80. The van der Waals surface area contributed by atoms with Crippen molar-refractivity contribution >= 4 is 5.91 Å². The first-order valence-electron chi connectivity index (χ1n) is 7.69. The monoisotopic (exact) mass is 267 g/mol. The quantitative estimate of drug-likeness (QED) is 0.768. The number of nitrogens with zero attached hydrogens (tertiary/aromatic N) is 2. The van der Waals surface area contributed by atoms with Gasteiger partial charge in [0.2, 0.25) is 5.91 Å². The van der Waals surface area contributed by atoms with Crippen molar-refractivity contribution in [1.82, 2.24) is 15.1 Å². The molecule has 5 heteroatoms. The Kier molecular flexibility index (Phi) is 4.35. The summed E-state index contributed by atoms with van der Waals surface area (Å²) in [4.78, 5) is 16.8. The van der Waals surface area contributed by atoms with Crippen LogP contribution in [0.3, 0.4) is 0 Å². The minimum Gasteiger partial charge on any atom is -0.375 e. The second-order valence-corrected chi connectivity index (χ2v) is 5.86. The van der Waals surface area contributed by atoms with Gasteiger partial charge in [0.15, 0.2) is 0 Å². The smallest absolute Gasteiger partial charge is 0.236 e. The molecule has 1 N–H and O–H groups in total. The second-order valence-electron chi connectivity index (χ2n) is 5.86. The van der Waals surface area contributed by atoms with Crippen molar-refractivity contribution in [3.63, 3.8) is 0 Å². The number of hydrogen-bond acceptors (Lipinski definition) is 4. The SMILES string of the molecule is O=C(CN1CCOC2CCCC21)N1CCCNCC1. The average molecular weight is 267 g/mol. The third-order valence-corrected chi connectivity index (χ3v) is 4.63. The lowest BCUT2D eigenvalue weighted by Gasteiger charge is -2.38. The molecule has 5 nitrogen and oxygen atoms in total. The van der Waals surface area contributed by atoms with Gasteiger partial charge < -0.3 is 15.0 Å². The molecular weight excluding hydrogens is 242 g/mol. The van der Waals surface area contributed by atoms with Gasteiger partial charge in [0, 0.05) is 32.2 Å². The van der Waals surface area contributed by atoms with Gasteiger partial charge in [-0.3, -0.25) is 9.69 Å². The summed E-state index contributed by atoms with van der Waals surface area (Å²) in [7, 11) is 0. The van der Waals surface area contributed by atoms with Crippen LogP contribution in [0.4, 0.5) is 0 Å². The van der Waals surface area contributed by atoms with Gasteiger partial charge in [-0.15, -0.1) is 0 Å². The molecule has 3 rings (SSSR count). The Morgan fingerprint density at radius 2 is 2.11 bits per heavy atom. The summed E-state index contributed by atoms with van der Waals surface area (Å²) in [6, 6.07) is 0.489. The van der Waals surface area contributed by atoms with E-state index in [1.54, 1.807) is 0 Å². The van der Waals surface area contributed by atoms with E-state index in [1.807, 2.05) is 4.90 Å². The average Bonchev–Trinajstić information content (AvgIpc) is 2.73. The molecule has 0 spiro atoms. The number of nitrogens with one attached hydrogen (secondary N) is 1. The summed E-state index contributed by atoms with van der Waals surface area (Å²) in [6.07, 6.45) is 5.06. The minimum atomic E-state index is 0.302. The molecule has 0 bridgehead atoms. The van der Waals surface area contributed by atoms with Crippen molar-refractivity contribution in [3.05, 3.63) is 0 Å². The highest BCUT2D eigenvalue weighted by Gasteiger charge is 2.37. The Bertz CT molecular complexity index is 316. The predicted molar refractivity (Wildman–Crippen MR) is 73.0 cm³/mol. The van der Waals surface area contributed by atoms with E-state index in [9.17, 15) is 4.79 Å². The number of fused-ring (bicyclic) bond motifs is 1. The van der Waals surface area contributed by atoms with Crippen LogP contribution in [0.5, 0.6) is 0 Å². The number of morpholine rings is 1. The van der Waals surface area contributed by atoms with Gasteiger partial charge in [-0.25, -0.2) is 0 Å². The first kappa shape index (κ1) is 13.3. The molecule has 2 aliphatic heterocycles. The Morgan fingerprint density at radius 3 is 3.05 bits per heavy atom. The molecule has 1 saturated carbocycles. The first-order chi connectivity index (χ1) is 9.34. The molecule has 0 aromatic rings. The normalized spacial score (nSPS) is 32.9.